The second kappa shape index (κ2) is 7.91. The number of rotatable bonds is 5. The van der Waals surface area contributed by atoms with Crippen LogP contribution in [0.4, 0.5) is 11.4 Å². The van der Waals surface area contributed by atoms with Gasteiger partial charge in [0.25, 0.3) is 0 Å². The number of hydrogen-bond donors (Lipinski definition) is 1. The summed E-state index contributed by atoms with van der Waals surface area (Å²) in [5.41, 5.74) is 4.15. The van der Waals surface area contributed by atoms with Crippen LogP contribution in [-0.2, 0) is 22.6 Å². The molecule has 3 rings (SSSR count). The Kier molecular flexibility index (Phi) is 5.61. The molecule has 0 fully saturated rings. The average molecular weight is 372 g/mol. The van der Waals surface area contributed by atoms with Gasteiger partial charge in [-0.05, 0) is 54.1 Å². The van der Waals surface area contributed by atoms with Gasteiger partial charge in [0.05, 0.1) is 0 Å². The minimum atomic E-state index is -0.118. The summed E-state index contributed by atoms with van der Waals surface area (Å²) in [4.78, 5) is 29.9. The van der Waals surface area contributed by atoms with Gasteiger partial charge in [0.2, 0.25) is 11.8 Å². The van der Waals surface area contributed by atoms with Crippen molar-refractivity contribution in [2.75, 3.05) is 30.9 Å². The van der Waals surface area contributed by atoms with E-state index < -0.39 is 0 Å². The molecule has 0 radical (unpaired) electrons. The summed E-state index contributed by atoms with van der Waals surface area (Å²) >= 11 is 1.76. The maximum absolute atomic E-state index is 12.4. The molecule has 6 heteroatoms. The van der Waals surface area contributed by atoms with E-state index in [0.717, 1.165) is 29.9 Å². The highest BCUT2D eigenvalue weighted by Crippen LogP contribution is 2.25. The number of anilines is 2. The molecule has 0 unspecified atom stereocenters. The van der Waals surface area contributed by atoms with Crippen molar-refractivity contribution in [3.05, 3.63) is 45.6 Å². The van der Waals surface area contributed by atoms with Crippen LogP contribution in [0, 0.1) is 6.92 Å². The molecule has 1 N–H and O–H groups in total. The van der Waals surface area contributed by atoms with Crippen molar-refractivity contribution in [1.82, 2.24) is 4.90 Å². The van der Waals surface area contributed by atoms with Crippen molar-refractivity contribution in [3.8, 4) is 0 Å². The fourth-order valence-corrected chi connectivity index (χ4v) is 4.01. The number of carbonyl (C=O) groups excluding carboxylic acids is 2. The lowest BCUT2D eigenvalue weighted by Crippen LogP contribution is -2.35. The van der Waals surface area contributed by atoms with Crippen LogP contribution in [0.15, 0.2) is 29.6 Å². The zero-order valence-corrected chi connectivity index (χ0v) is 16.4. The molecule has 2 amide bonds. The number of nitrogens with one attached hydrogen (secondary N) is 1. The summed E-state index contributed by atoms with van der Waals surface area (Å²) in [5.74, 6) is -0.0658. The highest BCUT2D eigenvalue weighted by atomic mass is 32.1. The van der Waals surface area contributed by atoms with E-state index in [1.165, 1.54) is 10.4 Å². The van der Waals surface area contributed by atoms with Gasteiger partial charge < -0.3 is 15.1 Å². The zero-order chi connectivity index (χ0) is 18.7. The summed E-state index contributed by atoms with van der Waals surface area (Å²) in [7, 11) is 3.97. The average Bonchev–Trinajstić information content (AvgIpc) is 3.09. The number of aryl methyl sites for hydroxylation is 1. The molecule has 26 heavy (non-hydrogen) atoms. The Morgan fingerprint density at radius 3 is 2.77 bits per heavy atom. The molecule has 0 saturated heterocycles. The van der Waals surface area contributed by atoms with Crippen molar-refractivity contribution in [2.45, 2.75) is 32.7 Å². The number of nitrogens with zero attached hydrogens (tertiary/aromatic N) is 2. The van der Waals surface area contributed by atoms with Gasteiger partial charge in [0.15, 0.2) is 0 Å². The summed E-state index contributed by atoms with van der Waals surface area (Å²) in [5, 5.41) is 5.00. The molecule has 138 valence electrons. The first-order chi connectivity index (χ1) is 12.4. The predicted octanol–water partition coefficient (Wildman–Crippen LogP) is 3.43. The van der Waals surface area contributed by atoms with Crippen LogP contribution in [0.2, 0.25) is 0 Å². The van der Waals surface area contributed by atoms with E-state index in [9.17, 15) is 9.59 Å². The first-order valence-corrected chi connectivity index (χ1v) is 9.73. The van der Waals surface area contributed by atoms with Crippen molar-refractivity contribution in [2.24, 2.45) is 0 Å². The topological polar surface area (TPSA) is 52.7 Å². The Labute approximate surface area is 158 Å². The van der Waals surface area contributed by atoms with E-state index in [2.05, 4.69) is 16.8 Å². The van der Waals surface area contributed by atoms with Crippen LogP contribution in [0.3, 0.4) is 0 Å². The highest BCUT2D eigenvalue weighted by molar-refractivity contribution is 7.10. The van der Waals surface area contributed by atoms with Crippen LogP contribution in [0.25, 0.3) is 0 Å². The molecule has 0 atom stereocenters. The first kappa shape index (κ1) is 18.5. The molecule has 1 aromatic heterocycles. The molecule has 1 aliphatic rings. The van der Waals surface area contributed by atoms with Crippen molar-refractivity contribution in [1.29, 1.82) is 0 Å². The summed E-state index contributed by atoms with van der Waals surface area (Å²) < 4.78 is 0. The fraction of sp³-hybridized carbons (Fsp3) is 0.400. The SMILES string of the molecule is Cc1cc(N(C)C)ccc1NC(=O)CCC(=O)N1CCc2sccc2C1. The number of carbonyl (C=O) groups is 2. The van der Waals surface area contributed by atoms with Crippen molar-refractivity contribution in [3.63, 3.8) is 0 Å². The first-order valence-electron chi connectivity index (χ1n) is 8.85. The van der Waals surface area contributed by atoms with Gasteiger partial charge in [-0.25, -0.2) is 0 Å². The number of amides is 2. The Hall–Kier alpha value is -2.34. The van der Waals surface area contributed by atoms with Crippen LogP contribution < -0.4 is 10.2 Å². The van der Waals surface area contributed by atoms with Gasteiger partial charge in [0.1, 0.15) is 0 Å². The van der Waals surface area contributed by atoms with Crippen molar-refractivity contribution >= 4 is 34.5 Å². The van der Waals surface area contributed by atoms with Crippen LogP contribution >= 0.6 is 11.3 Å². The van der Waals surface area contributed by atoms with E-state index in [0.29, 0.717) is 6.54 Å². The van der Waals surface area contributed by atoms with Gasteiger partial charge in [-0.2, -0.15) is 0 Å². The molecule has 0 aliphatic carbocycles. The Morgan fingerprint density at radius 1 is 1.23 bits per heavy atom. The molecule has 5 nitrogen and oxygen atoms in total. The summed E-state index contributed by atoms with van der Waals surface area (Å²) in [6, 6.07) is 8.01. The number of thiophene rings is 1. The van der Waals surface area contributed by atoms with Crippen LogP contribution in [0.1, 0.15) is 28.8 Å². The van der Waals surface area contributed by atoms with Gasteiger partial charge in [0, 0.05) is 56.3 Å². The lowest BCUT2D eigenvalue weighted by molar-refractivity contribution is -0.133. The molecule has 0 bridgehead atoms. The quantitative estimate of drug-likeness (QED) is 0.876. The lowest BCUT2D eigenvalue weighted by atomic mass is 10.1. The number of benzene rings is 1. The Morgan fingerprint density at radius 2 is 2.04 bits per heavy atom. The van der Waals surface area contributed by atoms with Gasteiger partial charge >= 0.3 is 0 Å². The third-order valence-corrected chi connectivity index (χ3v) is 5.75. The lowest BCUT2D eigenvalue weighted by Gasteiger charge is -2.27. The van der Waals surface area contributed by atoms with Gasteiger partial charge in [-0.15, -0.1) is 11.3 Å². The van der Waals surface area contributed by atoms with E-state index >= 15 is 0 Å². The second-order valence-corrected chi connectivity index (χ2v) is 7.88. The van der Waals surface area contributed by atoms with Crippen LogP contribution in [0.5, 0.6) is 0 Å². The molecular formula is C20H25N3O2S. The minimum absolute atomic E-state index is 0.0525. The van der Waals surface area contributed by atoms with Gasteiger partial charge in [-0.1, -0.05) is 0 Å². The van der Waals surface area contributed by atoms with Gasteiger partial charge in [-0.3, -0.25) is 9.59 Å². The molecule has 0 spiro atoms. The normalized spacial score (nSPS) is 13.3. The number of hydrogen-bond acceptors (Lipinski definition) is 4. The molecule has 2 heterocycles. The molecule has 1 aromatic carbocycles. The monoisotopic (exact) mass is 371 g/mol. The standard InChI is InChI=1S/C20H25N3O2S/c1-14-12-16(22(2)3)4-5-17(14)21-19(24)6-7-20(25)23-10-8-18-15(13-23)9-11-26-18/h4-5,9,11-12H,6-8,10,13H2,1-3H3,(H,21,24). The third-order valence-electron chi connectivity index (χ3n) is 4.73. The molecule has 2 aromatic rings. The summed E-state index contributed by atoms with van der Waals surface area (Å²) in [6.07, 6.45) is 1.38. The maximum atomic E-state index is 12.4. The smallest absolute Gasteiger partial charge is 0.224 e. The molecule has 0 saturated carbocycles. The fourth-order valence-electron chi connectivity index (χ4n) is 3.12. The summed E-state index contributed by atoms with van der Waals surface area (Å²) in [6.45, 7) is 3.39. The van der Waals surface area contributed by atoms with E-state index in [-0.39, 0.29) is 24.7 Å². The maximum Gasteiger partial charge on any atom is 0.224 e. The Bertz CT molecular complexity index is 813. The van der Waals surface area contributed by atoms with Crippen LogP contribution in [-0.4, -0.2) is 37.4 Å². The van der Waals surface area contributed by atoms with Crippen molar-refractivity contribution < 1.29 is 9.59 Å². The largest absolute Gasteiger partial charge is 0.378 e. The number of fused-ring (bicyclic) bond motifs is 1. The van der Waals surface area contributed by atoms with E-state index in [4.69, 9.17) is 0 Å². The molecule has 1 aliphatic heterocycles. The second-order valence-electron chi connectivity index (χ2n) is 6.88. The Balaban J connectivity index is 1.50. The zero-order valence-electron chi connectivity index (χ0n) is 15.5. The highest BCUT2D eigenvalue weighted by Gasteiger charge is 2.21. The molecular weight excluding hydrogens is 346 g/mol. The van der Waals surface area contributed by atoms with E-state index in [1.807, 2.05) is 49.0 Å². The minimum Gasteiger partial charge on any atom is -0.378 e. The van der Waals surface area contributed by atoms with E-state index in [1.54, 1.807) is 11.3 Å². The predicted molar refractivity (Wildman–Crippen MR) is 107 cm³/mol. The third kappa shape index (κ3) is 4.25.